The van der Waals surface area contributed by atoms with Crippen LogP contribution in [0.15, 0.2) is 5.16 Å². The van der Waals surface area contributed by atoms with Crippen molar-refractivity contribution in [2.75, 3.05) is 19.6 Å². The molecule has 0 amide bonds. The summed E-state index contributed by atoms with van der Waals surface area (Å²) in [5.41, 5.74) is 0.942. The lowest BCUT2D eigenvalue weighted by atomic mass is 9.97. The Morgan fingerprint density at radius 3 is 2.81 bits per heavy atom. The van der Waals surface area contributed by atoms with Crippen LogP contribution in [0.2, 0.25) is 0 Å². The Bertz CT molecular complexity index is 268. The lowest BCUT2D eigenvalue weighted by Crippen LogP contribution is -2.43. The molecule has 2 saturated heterocycles. The normalized spacial score (nSPS) is 39.4. The molecule has 4 nitrogen and oxygen atoms in total. The van der Waals surface area contributed by atoms with Gasteiger partial charge >= 0.3 is 0 Å². The van der Waals surface area contributed by atoms with E-state index >= 15 is 0 Å². The number of nitrogens with zero attached hydrogens (tertiary/aromatic N) is 2. The molecular formula is C12H22N2O2. The largest absolute Gasteiger partial charge is 0.411 e. The Balaban J connectivity index is 1.80. The van der Waals surface area contributed by atoms with Crippen molar-refractivity contribution in [2.24, 2.45) is 11.1 Å². The average molecular weight is 226 g/mol. The molecule has 0 aromatic carbocycles. The first kappa shape index (κ1) is 11.9. The standard InChI is InChI=1S/C12H22N2O2/c1-9-7-14(6-5-12(9)13-15)8-11-4-3-10(2)16-11/h9-11,15H,3-8H2,1-2H3. The second-order valence-corrected chi connectivity index (χ2v) is 5.15. The zero-order valence-electron chi connectivity index (χ0n) is 10.2. The molecule has 92 valence electrons. The zero-order valence-corrected chi connectivity index (χ0v) is 10.2. The molecule has 2 heterocycles. The van der Waals surface area contributed by atoms with Crippen LogP contribution in [0.5, 0.6) is 0 Å². The molecule has 0 aliphatic carbocycles. The van der Waals surface area contributed by atoms with Crippen LogP contribution in [0.1, 0.15) is 33.1 Å². The first-order valence-corrected chi connectivity index (χ1v) is 6.27. The SMILES string of the molecule is CC1CCC(CN2CCC(=NO)C(C)C2)O1. The van der Waals surface area contributed by atoms with E-state index in [1.54, 1.807) is 0 Å². The molecule has 0 radical (unpaired) electrons. The second kappa shape index (κ2) is 5.15. The van der Waals surface area contributed by atoms with E-state index in [0.29, 0.717) is 18.1 Å². The van der Waals surface area contributed by atoms with Crippen LogP contribution < -0.4 is 0 Å². The summed E-state index contributed by atoms with van der Waals surface area (Å²) in [6, 6.07) is 0. The van der Waals surface area contributed by atoms with E-state index in [2.05, 4.69) is 23.9 Å². The number of hydrogen-bond donors (Lipinski definition) is 1. The maximum Gasteiger partial charge on any atom is 0.0706 e. The molecular weight excluding hydrogens is 204 g/mol. The molecule has 3 unspecified atom stereocenters. The van der Waals surface area contributed by atoms with Gasteiger partial charge in [0.2, 0.25) is 0 Å². The van der Waals surface area contributed by atoms with Gasteiger partial charge in [-0.15, -0.1) is 0 Å². The topological polar surface area (TPSA) is 45.1 Å². The van der Waals surface area contributed by atoms with Crippen molar-refractivity contribution in [3.8, 4) is 0 Å². The van der Waals surface area contributed by atoms with Gasteiger partial charge in [0, 0.05) is 32.0 Å². The van der Waals surface area contributed by atoms with Crippen molar-refractivity contribution in [2.45, 2.75) is 45.3 Å². The van der Waals surface area contributed by atoms with Gasteiger partial charge in [0.15, 0.2) is 0 Å². The third-order valence-corrected chi connectivity index (χ3v) is 3.70. The first-order valence-electron chi connectivity index (χ1n) is 6.27. The van der Waals surface area contributed by atoms with E-state index in [9.17, 15) is 0 Å². The van der Waals surface area contributed by atoms with Gasteiger partial charge in [-0.1, -0.05) is 12.1 Å². The summed E-state index contributed by atoms with van der Waals surface area (Å²) in [6.45, 7) is 7.30. The van der Waals surface area contributed by atoms with E-state index in [1.165, 1.54) is 12.8 Å². The molecule has 2 rings (SSSR count). The molecule has 0 bridgehead atoms. The van der Waals surface area contributed by atoms with Gasteiger partial charge in [0.25, 0.3) is 0 Å². The summed E-state index contributed by atoms with van der Waals surface area (Å²) < 4.78 is 5.83. The maximum absolute atomic E-state index is 8.81. The molecule has 2 aliphatic rings. The first-order chi connectivity index (χ1) is 7.69. The highest BCUT2D eigenvalue weighted by atomic mass is 16.5. The van der Waals surface area contributed by atoms with Gasteiger partial charge in [-0.05, 0) is 19.8 Å². The fourth-order valence-corrected chi connectivity index (χ4v) is 2.72. The van der Waals surface area contributed by atoms with Crippen molar-refractivity contribution in [3.63, 3.8) is 0 Å². The highest BCUT2D eigenvalue weighted by Gasteiger charge is 2.28. The van der Waals surface area contributed by atoms with Gasteiger partial charge in [0.05, 0.1) is 17.9 Å². The van der Waals surface area contributed by atoms with Crippen molar-refractivity contribution < 1.29 is 9.94 Å². The van der Waals surface area contributed by atoms with Crippen LogP contribution in [-0.4, -0.2) is 47.7 Å². The molecule has 0 spiro atoms. The summed E-state index contributed by atoms with van der Waals surface area (Å²) in [7, 11) is 0. The summed E-state index contributed by atoms with van der Waals surface area (Å²) in [4.78, 5) is 2.43. The maximum atomic E-state index is 8.81. The average Bonchev–Trinajstić information content (AvgIpc) is 2.64. The summed E-state index contributed by atoms with van der Waals surface area (Å²) in [5.74, 6) is 0.373. The molecule has 0 saturated carbocycles. The Morgan fingerprint density at radius 2 is 2.25 bits per heavy atom. The summed E-state index contributed by atoms with van der Waals surface area (Å²) in [6.07, 6.45) is 4.11. The third-order valence-electron chi connectivity index (χ3n) is 3.70. The van der Waals surface area contributed by atoms with Gasteiger partial charge in [-0.3, -0.25) is 4.90 Å². The van der Waals surface area contributed by atoms with Crippen molar-refractivity contribution in [3.05, 3.63) is 0 Å². The van der Waals surface area contributed by atoms with Crippen LogP contribution in [0.3, 0.4) is 0 Å². The number of ether oxygens (including phenoxy) is 1. The number of likely N-dealkylation sites (tertiary alicyclic amines) is 1. The van der Waals surface area contributed by atoms with Crippen LogP contribution in [-0.2, 0) is 4.74 Å². The minimum atomic E-state index is 0.373. The van der Waals surface area contributed by atoms with Crippen LogP contribution in [0.25, 0.3) is 0 Å². The molecule has 1 N–H and O–H groups in total. The van der Waals surface area contributed by atoms with Crippen molar-refractivity contribution in [1.29, 1.82) is 0 Å². The summed E-state index contributed by atoms with van der Waals surface area (Å²) in [5, 5.41) is 12.2. The third kappa shape index (κ3) is 2.74. The fraction of sp³-hybridized carbons (Fsp3) is 0.917. The van der Waals surface area contributed by atoms with Gasteiger partial charge in [-0.2, -0.15) is 0 Å². The second-order valence-electron chi connectivity index (χ2n) is 5.15. The van der Waals surface area contributed by atoms with E-state index in [1.807, 2.05) is 0 Å². The highest BCUT2D eigenvalue weighted by molar-refractivity contribution is 5.86. The van der Waals surface area contributed by atoms with E-state index in [4.69, 9.17) is 9.94 Å². The number of oxime groups is 1. The summed E-state index contributed by atoms with van der Waals surface area (Å²) >= 11 is 0. The van der Waals surface area contributed by atoms with Crippen LogP contribution >= 0.6 is 0 Å². The predicted molar refractivity (Wildman–Crippen MR) is 63.0 cm³/mol. The van der Waals surface area contributed by atoms with E-state index in [0.717, 1.165) is 31.8 Å². The van der Waals surface area contributed by atoms with E-state index < -0.39 is 0 Å². The van der Waals surface area contributed by atoms with Crippen molar-refractivity contribution in [1.82, 2.24) is 4.90 Å². The Kier molecular flexibility index (Phi) is 3.82. The fourth-order valence-electron chi connectivity index (χ4n) is 2.72. The van der Waals surface area contributed by atoms with Gasteiger partial charge in [-0.25, -0.2) is 0 Å². The Hall–Kier alpha value is -0.610. The molecule has 4 heteroatoms. The molecule has 16 heavy (non-hydrogen) atoms. The molecule has 2 fully saturated rings. The Labute approximate surface area is 97.3 Å². The molecule has 0 aromatic rings. The lowest BCUT2D eigenvalue weighted by Gasteiger charge is -2.32. The molecule has 0 aromatic heterocycles. The smallest absolute Gasteiger partial charge is 0.0706 e. The Morgan fingerprint density at radius 1 is 1.44 bits per heavy atom. The van der Waals surface area contributed by atoms with Crippen LogP contribution in [0, 0.1) is 5.92 Å². The molecule has 2 aliphatic heterocycles. The quantitative estimate of drug-likeness (QED) is 0.576. The van der Waals surface area contributed by atoms with Crippen LogP contribution in [0.4, 0.5) is 0 Å². The van der Waals surface area contributed by atoms with Gasteiger partial charge in [0.1, 0.15) is 0 Å². The predicted octanol–water partition coefficient (Wildman–Crippen LogP) is 1.73. The number of hydrogen-bond acceptors (Lipinski definition) is 4. The molecule has 3 atom stereocenters. The van der Waals surface area contributed by atoms with Gasteiger partial charge < -0.3 is 9.94 Å². The lowest BCUT2D eigenvalue weighted by molar-refractivity contribution is 0.0288. The van der Waals surface area contributed by atoms with Crippen molar-refractivity contribution >= 4 is 5.71 Å². The number of piperidine rings is 1. The highest BCUT2D eigenvalue weighted by Crippen LogP contribution is 2.22. The monoisotopic (exact) mass is 226 g/mol. The minimum absolute atomic E-state index is 0.373. The number of rotatable bonds is 2. The van der Waals surface area contributed by atoms with E-state index in [-0.39, 0.29) is 0 Å². The minimum Gasteiger partial charge on any atom is -0.411 e. The zero-order chi connectivity index (χ0) is 11.5.